The molecule has 0 atom stereocenters. The third-order valence-electron chi connectivity index (χ3n) is 5.28. The summed E-state index contributed by atoms with van der Waals surface area (Å²) in [4.78, 5) is 30.3. The van der Waals surface area contributed by atoms with E-state index in [2.05, 4.69) is 11.6 Å². The lowest BCUT2D eigenvalue weighted by molar-refractivity contribution is -0.125. The Morgan fingerprint density at radius 1 is 0.939 bits per heavy atom. The van der Waals surface area contributed by atoms with Gasteiger partial charge in [0.05, 0.1) is 11.3 Å². The van der Waals surface area contributed by atoms with Gasteiger partial charge in [0, 0.05) is 13.1 Å². The highest BCUT2D eigenvalue weighted by atomic mass is 16.5. The smallest absolute Gasteiger partial charge is 0.246 e. The molecule has 166 valence electrons. The van der Waals surface area contributed by atoms with Crippen molar-refractivity contribution in [2.75, 3.05) is 13.1 Å². The molecule has 0 N–H and O–H groups in total. The molecule has 1 aliphatic rings. The van der Waals surface area contributed by atoms with Gasteiger partial charge in [0.25, 0.3) is 0 Å². The Kier molecular flexibility index (Phi) is 6.64. The van der Waals surface area contributed by atoms with Crippen LogP contribution in [0.3, 0.4) is 0 Å². The van der Waals surface area contributed by atoms with Crippen LogP contribution in [0.25, 0.3) is 5.57 Å². The first-order valence-corrected chi connectivity index (χ1v) is 10.7. The Morgan fingerprint density at radius 2 is 1.61 bits per heavy atom. The molecule has 2 aromatic carbocycles. The van der Waals surface area contributed by atoms with Crippen LogP contribution in [0.4, 0.5) is 0 Å². The van der Waals surface area contributed by atoms with Crippen molar-refractivity contribution in [2.24, 2.45) is 0 Å². The first-order valence-electron chi connectivity index (χ1n) is 10.7. The van der Waals surface area contributed by atoms with E-state index < -0.39 is 0 Å². The summed E-state index contributed by atoms with van der Waals surface area (Å²) in [5.74, 6) is 1.99. The van der Waals surface area contributed by atoms with Crippen molar-refractivity contribution in [1.82, 2.24) is 9.88 Å². The van der Waals surface area contributed by atoms with E-state index in [4.69, 9.17) is 9.47 Å². The molecule has 33 heavy (non-hydrogen) atoms. The van der Waals surface area contributed by atoms with Gasteiger partial charge in [0.15, 0.2) is 5.78 Å². The molecule has 0 saturated carbocycles. The zero-order valence-electron chi connectivity index (χ0n) is 18.4. The second-order valence-electron chi connectivity index (χ2n) is 7.56. The normalized spacial score (nSPS) is 13.1. The van der Waals surface area contributed by atoms with Crippen LogP contribution in [0.2, 0.25) is 0 Å². The van der Waals surface area contributed by atoms with E-state index >= 15 is 0 Å². The van der Waals surface area contributed by atoms with Gasteiger partial charge in [0.1, 0.15) is 17.2 Å². The first-order chi connectivity index (χ1) is 16.0. The molecule has 1 amide bonds. The number of hydrogen-bond acceptors (Lipinski definition) is 5. The fourth-order valence-electron chi connectivity index (χ4n) is 3.51. The second-order valence-corrected chi connectivity index (χ2v) is 7.56. The Morgan fingerprint density at radius 3 is 2.21 bits per heavy atom. The average molecular weight is 440 g/mol. The maximum absolute atomic E-state index is 12.1. The number of ketones is 1. The van der Waals surface area contributed by atoms with Crippen molar-refractivity contribution in [1.29, 1.82) is 0 Å². The summed E-state index contributed by atoms with van der Waals surface area (Å²) in [7, 11) is 0. The zero-order chi connectivity index (χ0) is 23.2. The van der Waals surface area contributed by atoms with E-state index in [0.29, 0.717) is 36.6 Å². The number of pyridine rings is 1. The van der Waals surface area contributed by atoms with Crippen LogP contribution in [0, 0.1) is 0 Å². The van der Waals surface area contributed by atoms with Gasteiger partial charge < -0.3 is 14.4 Å². The number of aromatic nitrogens is 1. The summed E-state index contributed by atoms with van der Waals surface area (Å²) in [6.07, 6.45) is 3.96. The van der Waals surface area contributed by atoms with Crippen molar-refractivity contribution in [3.8, 4) is 23.1 Å². The molecule has 1 aromatic heterocycles. The quantitative estimate of drug-likeness (QED) is 0.350. The largest absolute Gasteiger partial charge is 0.457 e. The van der Waals surface area contributed by atoms with Crippen molar-refractivity contribution in [3.05, 3.63) is 96.7 Å². The van der Waals surface area contributed by atoms with E-state index in [1.165, 1.54) is 13.0 Å². The molecule has 6 heteroatoms. The number of Topliss-reactive ketones (excluding diaryl/α,β-unsaturated/α-hetero) is 1. The van der Waals surface area contributed by atoms with Gasteiger partial charge in [-0.15, -0.1) is 0 Å². The van der Waals surface area contributed by atoms with Gasteiger partial charge in [-0.05, 0) is 73.5 Å². The van der Waals surface area contributed by atoms with Gasteiger partial charge in [-0.3, -0.25) is 9.59 Å². The maximum Gasteiger partial charge on any atom is 0.246 e. The number of rotatable bonds is 7. The number of amides is 1. The summed E-state index contributed by atoms with van der Waals surface area (Å²) in [5.41, 5.74) is 2.14. The molecule has 2 heterocycles. The predicted molar refractivity (Wildman–Crippen MR) is 127 cm³/mol. The molecule has 0 unspecified atom stereocenters. The maximum atomic E-state index is 12.1. The third-order valence-corrected chi connectivity index (χ3v) is 5.28. The Balaban J connectivity index is 1.53. The summed E-state index contributed by atoms with van der Waals surface area (Å²) in [6, 6.07) is 20.2. The second kappa shape index (κ2) is 9.96. The van der Waals surface area contributed by atoms with E-state index in [1.54, 1.807) is 35.2 Å². The van der Waals surface area contributed by atoms with Crippen molar-refractivity contribution in [3.63, 3.8) is 0 Å². The van der Waals surface area contributed by atoms with Crippen molar-refractivity contribution < 1.29 is 19.1 Å². The minimum absolute atomic E-state index is 0.0890. The standard InChI is InChI=1S/C27H24N2O4/c1-3-26(31)29-17-15-20(16-18-29)25-14-13-24(19(2)30)27(28-25)33-23-11-9-22(10-12-23)32-21-7-5-4-6-8-21/h3-15H,1,16-18H2,2H3. The molecule has 0 aliphatic carbocycles. The first kappa shape index (κ1) is 22.0. The lowest BCUT2D eigenvalue weighted by Gasteiger charge is -2.25. The summed E-state index contributed by atoms with van der Waals surface area (Å²) in [5, 5.41) is 0. The fourth-order valence-corrected chi connectivity index (χ4v) is 3.51. The van der Waals surface area contributed by atoms with Crippen LogP contribution in [0.5, 0.6) is 23.1 Å². The highest BCUT2D eigenvalue weighted by Crippen LogP contribution is 2.30. The van der Waals surface area contributed by atoms with Crippen LogP contribution in [0.1, 0.15) is 29.4 Å². The van der Waals surface area contributed by atoms with Gasteiger partial charge in [0.2, 0.25) is 11.8 Å². The van der Waals surface area contributed by atoms with Gasteiger partial charge in [-0.2, -0.15) is 0 Å². The van der Waals surface area contributed by atoms with E-state index in [-0.39, 0.29) is 17.6 Å². The minimum atomic E-state index is -0.131. The number of hydrogen-bond donors (Lipinski definition) is 0. The van der Waals surface area contributed by atoms with Gasteiger partial charge in [-0.25, -0.2) is 4.98 Å². The molecule has 0 spiro atoms. The number of para-hydroxylation sites is 1. The average Bonchev–Trinajstić information content (AvgIpc) is 2.85. The van der Waals surface area contributed by atoms with Crippen LogP contribution in [0.15, 0.2) is 85.5 Å². The van der Waals surface area contributed by atoms with Crippen LogP contribution in [-0.2, 0) is 4.79 Å². The molecule has 3 aromatic rings. The Hall–Kier alpha value is -4.19. The topological polar surface area (TPSA) is 68.7 Å². The molecule has 6 nitrogen and oxygen atoms in total. The summed E-state index contributed by atoms with van der Waals surface area (Å²) < 4.78 is 11.8. The number of benzene rings is 2. The molecule has 0 saturated heterocycles. The molecular formula is C27H24N2O4. The zero-order valence-corrected chi connectivity index (χ0v) is 18.4. The number of ether oxygens (including phenoxy) is 2. The Bertz CT molecular complexity index is 1200. The lowest BCUT2D eigenvalue weighted by atomic mass is 10.0. The highest BCUT2D eigenvalue weighted by Gasteiger charge is 2.19. The molecule has 1 aliphatic heterocycles. The molecular weight excluding hydrogens is 416 g/mol. The molecule has 0 radical (unpaired) electrons. The summed E-state index contributed by atoms with van der Waals surface area (Å²) >= 11 is 0. The highest BCUT2D eigenvalue weighted by molar-refractivity contribution is 5.96. The molecule has 0 fully saturated rings. The molecule has 4 rings (SSSR count). The summed E-state index contributed by atoms with van der Waals surface area (Å²) in [6.45, 7) is 6.11. The predicted octanol–water partition coefficient (Wildman–Crippen LogP) is 5.67. The van der Waals surface area contributed by atoms with Gasteiger partial charge >= 0.3 is 0 Å². The SMILES string of the molecule is C=CC(=O)N1CC=C(c2ccc(C(C)=O)c(Oc3ccc(Oc4ccccc4)cc3)n2)CC1. The lowest BCUT2D eigenvalue weighted by Crippen LogP contribution is -2.33. The van der Waals surface area contributed by atoms with Crippen molar-refractivity contribution >= 4 is 17.3 Å². The van der Waals surface area contributed by atoms with Crippen LogP contribution >= 0.6 is 0 Å². The van der Waals surface area contributed by atoms with Crippen LogP contribution in [-0.4, -0.2) is 34.7 Å². The van der Waals surface area contributed by atoms with E-state index in [0.717, 1.165) is 17.0 Å². The monoisotopic (exact) mass is 440 g/mol. The van der Waals surface area contributed by atoms with Crippen LogP contribution < -0.4 is 9.47 Å². The number of nitrogens with zero attached hydrogens (tertiary/aromatic N) is 2. The number of carbonyl (C=O) groups excluding carboxylic acids is 2. The fraction of sp³-hybridized carbons (Fsp3) is 0.148. The third kappa shape index (κ3) is 5.36. The van der Waals surface area contributed by atoms with E-state index in [1.807, 2.05) is 42.5 Å². The minimum Gasteiger partial charge on any atom is -0.457 e. The van der Waals surface area contributed by atoms with Crippen molar-refractivity contribution in [2.45, 2.75) is 13.3 Å². The van der Waals surface area contributed by atoms with E-state index in [9.17, 15) is 9.59 Å². The molecule has 0 bridgehead atoms. The number of carbonyl (C=O) groups is 2. The Labute approximate surface area is 192 Å². The van der Waals surface area contributed by atoms with Gasteiger partial charge in [-0.1, -0.05) is 30.9 Å².